The zero-order valence-corrected chi connectivity index (χ0v) is 9.60. The molecule has 0 N–H and O–H groups in total. The first kappa shape index (κ1) is 10.5. The summed E-state index contributed by atoms with van der Waals surface area (Å²) >= 11 is 0. The lowest BCUT2D eigenvalue weighted by atomic mass is 10.3. The second-order valence-electron chi connectivity index (χ2n) is 3.59. The van der Waals surface area contributed by atoms with Gasteiger partial charge in [0, 0.05) is 7.05 Å². The van der Waals surface area contributed by atoms with Gasteiger partial charge in [0.1, 0.15) is 0 Å². The molecule has 4 heteroatoms. The fourth-order valence-corrected chi connectivity index (χ4v) is 1.78. The number of nitrogens with zero attached hydrogens (tertiary/aromatic N) is 2. The molecule has 0 radical (unpaired) electrons. The molecular weight excluding hydrogens is 204 g/mol. The minimum absolute atomic E-state index is 0.131. The minimum atomic E-state index is -0.131. The van der Waals surface area contributed by atoms with Gasteiger partial charge >= 0.3 is 5.56 Å². The predicted octanol–water partition coefficient (Wildman–Crippen LogP) is 1.49. The molecule has 0 atom stereocenters. The zero-order chi connectivity index (χ0) is 11.7. The molecule has 1 aromatic heterocycles. The van der Waals surface area contributed by atoms with Crippen LogP contribution in [0.5, 0.6) is 5.75 Å². The largest absolute Gasteiger partial charge is 0.490 e. The maximum absolute atomic E-state index is 12.1. The Balaban J connectivity index is 2.72. The summed E-state index contributed by atoms with van der Waals surface area (Å²) in [6, 6.07) is 9.50. The summed E-state index contributed by atoms with van der Waals surface area (Å²) in [5.41, 5.74) is 1.52. The maximum atomic E-state index is 12.1. The number of aromatic nitrogens is 2. The van der Waals surface area contributed by atoms with Gasteiger partial charge in [0.2, 0.25) is 5.75 Å². The fraction of sp³-hybridized carbons (Fsp3) is 0.250. The Bertz CT molecular complexity index is 552. The molecule has 0 spiro atoms. The molecule has 0 aliphatic heterocycles. The lowest BCUT2D eigenvalue weighted by Gasteiger charge is -2.06. The van der Waals surface area contributed by atoms with Crippen LogP contribution < -0.4 is 10.3 Å². The molecule has 0 amide bonds. The van der Waals surface area contributed by atoms with E-state index in [1.54, 1.807) is 9.36 Å². The topological polar surface area (TPSA) is 36.2 Å². The van der Waals surface area contributed by atoms with E-state index in [0.29, 0.717) is 5.75 Å². The van der Waals surface area contributed by atoms with Crippen molar-refractivity contribution in [3.05, 3.63) is 46.4 Å². The molecule has 1 heterocycles. The second kappa shape index (κ2) is 3.89. The summed E-state index contributed by atoms with van der Waals surface area (Å²) in [6.45, 7) is 1.86. The number of hydrogen-bond acceptors (Lipinski definition) is 2. The Morgan fingerprint density at radius 3 is 2.31 bits per heavy atom. The van der Waals surface area contributed by atoms with Crippen molar-refractivity contribution in [2.75, 3.05) is 7.11 Å². The van der Waals surface area contributed by atoms with Crippen molar-refractivity contribution < 1.29 is 4.74 Å². The molecule has 0 saturated heterocycles. The van der Waals surface area contributed by atoms with Gasteiger partial charge < -0.3 is 4.74 Å². The van der Waals surface area contributed by atoms with Crippen LogP contribution in [-0.2, 0) is 7.05 Å². The molecule has 2 rings (SSSR count). The molecule has 4 nitrogen and oxygen atoms in total. The fourth-order valence-electron chi connectivity index (χ4n) is 1.78. The van der Waals surface area contributed by atoms with Crippen molar-refractivity contribution >= 4 is 0 Å². The van der Waals surface area contributed by atoms with Crippen LogP contribution in [0.3, 0.4) is 0 Å². The lowest BCUT2D eigenvalue weighted by Crippen LogP contribution is -2.19. The highest BCUT2D eigenvalue weighted by Gasteiger charge is 2.15. The van der Waals surface area contributed by atoms with Crippen molar-refractivity contribution in [3.63, 3.8) is 0 Å². The van der Waals surface area contributed by atoms with Gasteiger partial charge in [-0.05, 0) is 19.1 Å². The summed E-state index contributed by atoms with van der Waals surface area (Å²) in [5, 5.41) is 0. The van der Waals surface area contributed by atoms with Gasteiger partial charge in [-0.3, -0.25) is 9.48 Å². The average molecular weight is 218 g/mol. The SMILES string of the molecule is COc1c(C)n(C)n(-c2ccccc2)c1=O. The van der Waals surface area contributed by atoms with Crippen molar-refractivity contribution in [1.29, 1.82) is 0 Å². The van der Waals surface area contributed by atoms with Crippen LogP contribution in [0, 0.1) is 6.92 Å². The molecular formula is C12H14N2O2. The third-order valence-electron chi connectivity index (χ3n) is 2.71. The molecule has 84 valence electrons. The molecule has 0 aliphatic carbocycles. The minimum Gasteiger partial charge on any atom is -0.490 e. The normalized spacial score (nSPS) is 10.4. The first-order valence-corrected chi connectivity index (χ1v) is 5.05. The van der Waals surface area contributed by atoms with E-state index in [1.807, 2.05) is 44.3 Å². The number of ether oxygens (including phenoxy) is 1. The van der Waals surface area contributed by atoms with Gasteiger partial charge in [0.05, 0.1) is 18.5 Å². The Hall–Kier alpha value is -1.97. The molecule has 1 aromatic carbocycles. The first-order valence-electron chi connectivity index (χ1n) is 5.05. The quantitative estimate of drug-likeness (QED) is 0.765. The Morgan fingerprint density at radius 1 is 1.19 bits per heavy atom. The monoisotopic (exact) mass is 218 g/mol. The van der Waals surface area contributed by atoms with Gasteiger partial charge in [-0.15, -0.1) is 0 Å². The van der Waals surface area contributed by atoms with Gasteiger partial charge in [-0.2, -0.15) is 0 Å². The molecule has 0 bridgehead atoms. The van der Waals surface area contributed by atoms with Crippen LogP contribution >= 0.6 is 0 Å². The first-order chi connectivity index (χ1) is 7.66. The van der Waals surface area contributed by atoms with E-state index in [0.717, 1.165) is 11.4 Å². The van der Waals surface area contributed by atoms with E-state index in [2.05, 4.69) is 0 Å². The highest BCUT2D eigenvalue weighted by Crippen LogP contribution is 2.14. The molecule has 0 unspecified atom stereocenters. The third kappa shape index (κ3) is 1.43. The average Bonchev–Trinajstić information content (AvgIpc) is 2.51. The maximum Gasteiger partial charge on any atom is 0.314 e. The number of para-hydroxylation sites is 1. The van der Waals surface area contributed by atoms with Gasteiger partial charge in [0.15, 0.2) is 0 Å². The molecule has 16 heavy (non-hydrogen) atoms. The highest BCUT2D eigenvalue weighted by molar-refractivity contribution is 5.35. The van der Waals surface area contributed by atoms with Gasteiger partial charge in [-0.1, -0.05) is 18.2 Å². The number of hydrogen-bond donors (Lipinski definition) is 0. The van der Waals surface area contributed by atoms with E-state index < -0.39 is 0 Å². The van der Waals surface area contributed by atoms with E-state index in [4.69, 9.17) is 4.74 Å². The summed E-state index contributed by atoms with van der Waals surface area (Å²) in [5.74, 6) is 0.395. The summed E-state index contributed by atoms with van der Waals surface area (Å²) < 4.78 is 8.48. The van der Waals surface area contributed by atoms with Crippen molar-refractivity contribution in [2.24, 2.45) is 7.05 Å². The highest BCUT2D eigenvalue weighted by atomic mass is 16.5. The van der Waals surface area contributed by atoms with Crippen molar-refractivity contribution in [2.45, 2.75) is 6.92 Å². The van der Waals surface area contributed by atoms with Crippen LogP contribution in [0.2, 0.25) is 0 Å². The van der Waals surface area contributed by atoms with E-state index in [9.17, 15) is 4.79 Å². The van der Waals surface area contributed by atoms with Crippen molar-refractivity contribution in [1.82, 2.24) is 9.36 Å². The van der Waals surface area contributed by atoms with Crippen molar-refractivity contribution in [3.8, 4) is 11.4 Å². The Kier molecular flexibility index (Phi) is 2.56. The summed E-state index contributed by atoms with van der Waals surface area (Å²) in [4.78, 5) is 12.1. The van der Waals surface area contributed by atoms with Crippen LogP contribution in [0.1, 0.15) is 5.69 Å². The Morgan fingerprint density at radius 2 is 1.81 bits per heavy atom. The van der Waals surface area contributed by atoms with E-state index in [-0.39, 0.29) is 5.56 Å². The van der Waals surface area contributed by atoms with Gasteiger partial charge in [0.25, 0.3) is 0 Å². The Labute approximate surface area is 93.7 Å². The molecule has 2 aromatic rings. The van der Waals surface area contributed by atoms with E-state index in [1.165, 1.54) is 7.11 Å². The summed E-state index contributed by atoms with van der Waals surface area (Å²) in [7, 11) is 3.35. The lowest BCUT2D eigenvalue weighted by molar-refractivity contribution is 0.407. The predicted molar refractivity (Wildman–Crippen MR) is 62.3 cm³/mol. The van der Waals surface area contributed by atoms with Crippen LogP contribution in [0.4, 0.5) is 0 Å². The standard InChI is InChI=1S/C12H14N2O2/c1-9-11(16-3)12(15)14(13(9)2)10-7-5-4-6-8-10/h4-8H,1-3H3. The third-order valence-corrected chi connectivity index (χ3v) is 2.71. The zero-order valence-electron chi connectivity index (χ0n) is 9.60. The van der Waals surface area contributed by atoms with Crippen LogP contribution in [0.25, 0.3) is 5.69 Å². The number of benzene rings is 1. The molecule has 0 fully saturated rings. The second-order valence-corrected chi connectivity index (χ2v) is 3.59. The van der Waals surface area contributed by atoms with Crippen LogP contribution in [0.15, 0.2) is 35.1 Å². The smallest absolute Gasteiger partial charge is 0.314 e. The van der Waals surface area contributed by atoms with Gasteiger partial charge in [-0.25, -0.2) is 4.68 Å². The van der Waals surface area contributed by atoms with E-state index >= 15 is 0 Å². The molecule has 0 saturated carbocycles. The molecule has 0 aliphatic rings. The number of methoxy groups -OCH3 is 1. The van der Waals surface area contributed by atoms with Crippen LogP contribution in [-0.4, -0.2) is 16.5 Å². The summed E-state index contributed by atoms with van der Waals surface area (Å²) in [6.07, 6.45) is 0. The number of rotatable bonds is 2.